The molecule has 12 heavy (non-hydrogen) atoms. The number of hydrogen-bond acceptors (Lipinski definition) is 1. The van der Waals surface area contributed by atoms with E-state index in [-0.39, 0.29) is 15.0 Å². The number of amidine groups is 1. The van der Waals surface area contributed by atoms with Crippen molar-refractivity contribution in [1.82, 2.24) is 0 Å². The topological polar surface area (TPSA) is 49.9 Å². The van der Waals surface area contributed by atoms with E-state index in [1.807, 2.05) is 0 Å². The van der Waals surface area contributed by atoms with Crippen LogP contribution in [0.1, 0.15) is 11.1 Å². The number of rotatable bonds is 3. The van der Waals surface area contributed by atoms with Gasteiger partial charge < -0.3 is 0 Å². The zero-order valence-corrected chi connectivity index (χ0v) is 8.72. The zero-order valence-electron chi connectivity index (χ0n) is 7.00. The summed E-state index contributed by atoms with van der Waals surface area (Å²) in [6.07, 6.45) is 0. The van der Waals surface area contributed by atoms with Crippen LogP contribution in [0.15, 0.2) is 24.3 Å². The molecule has 0 bridgehead atoms. The molecule has 0 aliphatic carbocycles. The molecule has 64 valence electrons. The molecular weight excluding hydrogens is 215 g/mol. The molecule has 0 radical (unpaired) electrons. The third-order valence-electron chi connectivity index (χ3n) is 1.51. The summed E-state index contributed by atoms with van der Waals surface area (Å²) in [5.74, 6) is 0. The van der Waals surface area contributed by atoms with Gasteiger partial charge >= 0.3 is 78.5 Å². The van der Waals surface area contributed by atoms with E-state index in [0.717, 1.165) is 5.32 Å². The fourth-order valence-electron chi connectivity index (χ4n) is 0.845. The Labute approximate surface area is 78.8 Å². The minimum absolute atomic E-state index is 0.134. The molecule has 0 aromatic heterocycles. The van der Waals surface area contributed by atoms with Gasteiger partial charge in [0.05, 0.1) is 0 Å². The Morgan fingerprint density at radius 1 is 1.42 bits per heavy atom. The molecule has 0 saturated carbocycles. The number of aryl methyl sites for hydroxylation is 1. The van der Waals surface area contributed by atoms with E-state index in [2.05, 4.69) is 31.2 Å². The van der Waals surface area contributed by atoms with Gasteiger partial charge in [-0.2, -0.15) is 0 Å². The number of nitrogens with two attached hydrogens (primary N) is 1. The fraction of sp³-hybridized carbons (Fsp3) is 0.222. The standard InChI is InChI=1S/C9H12N2Se/c1-7-2-4-8(5-3-7)6-12-9(10)11/h2-5H,6H2,1H3,(H3,10,11). The van der Waals surface area contributed by atoms with Crippen molar-refractivity contribution >= 4 is 19.7 Å². The first-order valence-corrected chi connectivity index (χ1v) is 5.77. The normalized spacial score (nSPS) is 9.75. The van der Waals surface area contributed by atoms with Gasteiger partial charge in [-0.25, -0.2) is 0 Å². The van der Waals surface area contributed by atoms with Crippen LogP contribution in [0.3, 0.4) is 0 Å². The summed E-state index contributed by atoms with van der Waals surface area (Å²) >= 11 is 0.134. The van der Waals surface area contributed by atoms with Crippen LogP contribution in [-0.4, -0.2) is 19.7 Å². The molecule has 0 atom stereocenters. The summed E-state index contributed by atoms with van der Waals surface area (Å²) in [4.78, 5) is 0. The van der Waals surface area contributed by atoms with E-state index in [9.17, 15) is 0 Å². The molecule has 1 aromatic carbocycles. The Bertz CT molecular complexity index is 266. The van der Waals surface area contributed by atoms with Gasteiger partial charge in [-0.05, 0) is 0 Å². The summed E-state index contributed by atoms with van der Waals surface area (Å²) in [6.45, 7) is 2.07. The van der Waals surface area contributed by atoms with E-state index >= 15 is 0 Å². The molecule has 0 unspecified atom stereocenters. The second kappa shape index (κ2) is 4.29. The molecule has 0 aliphatic rings. The van der Waals surface area contributed by atoms with Crippen LogP contribution < -0.4 is 5.73 Å². The molecular formula is C9H12N2Se. The second-order valence-electron chi connectivity index (χ2n) is 2.64. The van der Waals surface area contributed by atoms with Crippen molar-refractivity contribution in [2.75, 3.05) is 0 Å². The Morgan fingerprint density at radius 2 is 2.00 bits per heavy atom. The molecule has 3 heteroatoms. The zero-order chi connectivity index (χ0) is 8.97. The van der Waals surface area contributed by atoms with Crippen LogP contribution >= 0.6 is 0 Å². The average Bonchev–Trinajstić information content (AvgIpc) is 2.03. The van der Waals surface area contributed by atoms with Crippen LogP contribution in [0.5, 0.6) is 0 Å². The summed E-state index contributed by atoms with van der Waals surface area (Å²) in [5.41, 5.74) is 7.83. The van der Waals surface area contributed by atoms with E-state index in [4.69, 9.17) is 11.1 Å². The molecule has 0 heterocycles. The summed E-state index contributed by atoms with van der Waals surface area (Å²) < 4.78 is 0.322. The first-order valence-electron chi connectivity index (χ1n) is 3.71. The Morgan fingerprint density at radius 3 is 2.50 bits per heavy atom. The number of benzene rings is 1. The maximum atomic E-state index is 7.09. The van der Waals surface area contributed by atoms with Crippen molar-refractivity contribution in [2.45, 2.75) is 12.2 Å². The van der Waals surface area contributed by atoms with E-state index in [0.29, 0.717) is 4.73 Å². The SMILES string of the molecule is Cc1ccc(C[Se]C(=N)N)cc1. The summed E-state index contributed by atoms with van der Waals surface area (Å²) in [7, 11) is 0. The Hall–Kier alpha value is -0.791. The molecule has 3 N–H and O–H groups in total. The van der Waals surface area contributed by atoms with Gasteiger partial charge in [0.15, 0.2) is 0 Å². The van der Waals surface area contributed by atoms with Crippen molar-refractivity contribution < 1.29 is 0 Å². The Kier molecular flexibility index (Phi) is 3.32. The average molecular weight is 227 g/mol. The molecule has 0 spiro atoms. The van der Waals surface area contributed by atoms with Gasteiger partial charge in [0, 0.05) is 0 Å². The van der Waals surface area contributed by atoms with Crippen molar-refractivity contribution in [3.63, 3.8) is 0 Å². The first-order chi connectivity index (χ1) is 5.68. The summed E-state index contributed by atoms with van der Waals surface area (Å²) in [5, 5.41) is 8.02. The fourth-order valence-corrected chi connectivity index (χ4v) is 1.93. The molecule has 1 rings (SSSR count). The van der Waals surface area contributed by atoms with Crippen LogP contribution in [0, 0.1) is 12.3 Å². The van der Waals surface area contributed by atoms with Crippen molar-refractivity contribution in [2.24, 2.45) is 5.73 Å². The van der Waals surface area contributed by atoms with Crippen molar-refractivity contribution in [3.05, 3.63) is 35.4 Å². The molecule has 0 amide bonds. The van der Waals surface area contributed by atoms with Gasteiger partial charge in [0.2, 0.25) is 0 Å². The molecule has 0 fully saturated rings. The van der Waals surface area contributed by atoms with Gasteiger partial charge in [0.1, 0.15) is 0 Å². The molecule has 2 nitrogen and oxygen atoms in total. The number of hydrogen-bond donors (Lipinski definition) is 2. The van der Waals surface area contributed by atoms with Gasteiger partial charge in [0.25, 0.3) is 0 Å². The van der Waals surface area contributed by atoms with Crippen LogP contribution in [-0.2, 0) is 5.32 Å². The predicted molar refractivity (Wildman–Crippen MR) is 52.6 cm³/mol. The predicted octanol–water partition coefficient (Wildman–Crippen LogP) is 1.09. The Balaban J connectivity index is 2.53. The van der Waals surface area contributed by atoms with Gasteiger partial charge in [-0.3, -0.25) is 0 Å². The van der Waals surface area contributed by atoms with Gasteiger partial charge in [-0.1, -0.05) is 0 Å². The monoisotopic (exact) mass is 228 g/mol. The van der Waals surface area contributed by atoms with Crippen LogP contribution in [0.4, 0.5) is 0 Å². The maximum absolute atomic E-state index is 7.09. The number of nitrogens with one attached hydrogen (secondary N) is 1. The van der Waals surface area contributed by atoms with E-state index in [1.54, 1.807) is 0 Å². The van der Waals surface area contributed by atoms with Crippen molar-refractivity contribution in [3.8, 4) is 0 Å². The third-order valence-corrected chi connectivity index (χ3v) is 3.17. The van der Waals surface area contributed by atoms with E-state index < -0.39 is 0 Å². The molecule has 0 saturated heterocycles. The quantitative estimate of drug-likeness (QED) is 0.453. The second-order valence-corrected chi connectivity index (χ2v) is 4.77. The minimum atomic E-state index is 0.134. The first kappa shape index (κ1) is 9.30. The van der Waals surface area contributed by atoms with Crippen LogP contribution in [0.25, 0.3) is 0 Å². The van der Waals surface area contributed by atoms with E-state index in [1.165, 1.54) is 11.1 Å². The van der Waals surface area contributed by atoms with Crippen molar-refractivity contribution in [1.29, 1.82) is 5.41 Å². The van der Waals surface area contributed by atoms with Gasteiger partial charge in [-0.15, -0.1) is 0 Å². The molecule has 0 aliphatic heterocycles. The summed E-state index contributed by atoms with van der Waals surface area (Å²) in [6, 6.07) is 8.37. The molecule has 1 aromatic rings. The third kappa shape index (κ3) is 3.07. The van der Waals surface area contributed by atoms with Crippen LogP contribution in [0.2, 0.25) is 0 Å².